The summed E-state index contributed by atoms with van der Waals surface area (Å²) in [6, 6.07) is 1.57. The second-order valence-corrected chi connectivity index (χ2v) is 9.93. The van der Waals surface area contributed by atoms with Crippen LogP contribution in [-0.4, -0.2) is 66.7 Å². The van der Waals surface area contributed by atoms with E-state index in [0.29, 0.717) is 24.1 Å². The van der Waals surface area contributed by atoms with Crippen LogP contribution in [0.1, 0.15) is 30.7 Å². The van der Waals surface area contributed by atoms with Crippen molar-refractivity contribution in [1.82, 2.24) is 19.9 Å². The standard InChI is InChI=1S/C22H28N6O3S/c1-10-5-16-15(8-23-10)27-21(32-16)17-11(2)25-22(24-7-12-3-4-12)28-20(17)26-14-6-13(9-29)18(30)19(14)31/h5,8,12-14,18-19,29-31H,3-4,6-7,9H2,1-2H3,(H2,24,25,26,28)/t13-,14-,18-,19+/m1/s1. The fourth-order valence-electron chi connectivity index (χ4n) is 4.23. The summed E-state index contributed by atoms with van der Waals surface area (Å²) in [7, 11) is 0. The van der Waals surface area contributed by atoms with Crippen molar-refractivity contribution >= 4 is 33.3 Å². The fraction of sp³-hybridized carbons (Fsp3) is 0.545. The summed E-state index contributed by atoms with van der Waals surface area (Å²) in [5.41, 5.74) is 3.29. The van der Waals surface area contributed by atoms with Gasteiger partial charge in [0.25, 0.3) is 0 Å². The van der Waals surface area contributed by atoms with Gasteiger partial charge in [-0.25, -0.2) is 9.97 Å². The molecule has 0 amide bonds. The maximum absolute atomic E-state index is 10.5. The van der Waals surface area contributed by atoms with E-state index in [9.17, 15) is 15.3 Å². The normalized spacial score (nSPS) is 25.4. The van der Waals surface area contributed by atoms with Crippen molar-refractivity contribution in [3.8, 4) is 10.6 Å². The topological polar surface area (TPSA) is 136 Å². The quantitative estimate of drug-likeness (QED) is 0.362. The molecule has 2 aliphatic carbocycles. The van der Waals surface area contributed by atoms with Gasteiger partial charge in [-0.3, -0.25) is 4.98 Å². The third-order valence-corrected chi connectivity index (χ3v) is 7.36. The van der Waals surface area contributed by atoms with Gasteiger partial charge in [0.15, 0.2) is 0 Å². The molecule has 10 heteroatoms. The van der Waals surface area contributed by atoms with E-state index in [2.05, 4.69) is 20.6 Å². The minimum absolute atomic E-state index is 0.176. The van der Waals surface area contributed by atoms with Crippen molar-refractivity contribution in [2.45, 2.75) is 51.4 Å². The Morgan fingerprint density at radius 2 is 1.94 bits per heavy atom. The molecule has 0 aliphatic heterocycles. The second kappa shape index (κ2) is 8.51. The van der Waals surface area contributed by atoms with Crippen molar-refractivity contribution in [2.24, 2.45) is 11.8 Å². The van der Waals surface area contributed by atoms with E-state index >= 15 is 0 Å². The molecule has 2 fully saturated rings. The molecular formula is C22H28N6O3S. The molecule has 0 radical (unpaired) electrons. The van der Waals surface area contributed by atoms with Crippen molar-refractivity contribution < 1.29 is 15.3 Å². The average molecular weight is 457 g/mol. The monoisotopic (exact) mass is 456 g/mol. The highest BCUT2D eigenvalue weighted by atomic mass is 32.1. The van der Waals surface area contributed by atoms with Gasteiger partial charge in [-0.1, -0.05) is 0 Å². The number of nitrogens with one attached hydrogen (secondary N) is 2. The summed E-state index contributed by atoms with van der Waals surface area (Å²) in [4.78, 5) is 18.5. The third kappa shape index (κ3) is 4.15. The average Bonchev–Trinajstić information content (AvgIpc) is 3.45. The van der Waals surface area contributed by atoms with Crippen LogP contribution in [0.25, 0.3) is 20.8 Å². The van der Waals surface area contributed by atoms with Gasteiger partial charge in [-0.15, -0.1) is 11.3 Å². The molecule has 4 atom stereocenters. The SMILES string of the molecule is Cc1cc2sc(-c3c(C)nc(NCC4CC4)nc3N[C@@H]3C[C@H](CO)[C@@H](O)[C@H]3O)nc2cn1. The Bertz CT molecular complexity index is 1130. The van der Waals surface area contributed by atoms with Crippen LogP contribution in [0.5, 0.6) is 0 Å². The highest BCUT2D eigenvalue weighted by molar-refractivity contribution is 7.21. The fourth-order valence-corrected chi connectivity index (χ4v) is 5.36. The number of hydrogen-bond acceptors (Lipinski definition) is 10. The number of thiazole rings is 1. The number of aromatic nitrogens is 4. The zero-order valence-corrected chi connectivity index (χ0v) is 18.9. The number of fused-ring (bicyclic) bond motifs is 1. The second-order valence-electron chi connectivity index (χ2n) is 8.90. The number of aliphatic hydroxyl groups excluding tert-OH is 3. The Kier molecular flexibility index (Phi) is 5.70. The van der Waals surface area contributed by atoms with Crippen LogP contribution in [0, 0.1) is 25.7 Å². The molecule has 3 aromatic heterocycles. The Balaban J connectivity index is 1.53. The molecule has 32 heavy (non-hydrogen) atoms. The van der Waals surface area contributed by atoms with Crippen LogP contribution in [0.15, 0.2) is 12.3 Å². The lowest BCUT2D eigenvalue weighted by atomic mass is 10.1. The van der Waals surface area contributed by atoms with E-state index in [1.165, 1.54) is 12.8 Å². The molecule has 0 unspecified atom stereocenters. The maximum Gasteiger partial charge on any atom is 0.224 e. The predicted molar refractivity (Wildman–Crippen MR) is 124 cm³/mol. The molecule has 3 aromatic rings. The van der Waals surface area contributed by atoms with Crippen LogP contribution in [0.4, 0.5) is 11.8 Å². The molecule has 9 nitrogen and oxygen atoms in total. The Labute approximate surface area is 190 Å². The van der Waals surface area contributed by atoms with Gasteiger partial charge in [0, 0.05) is 24.8 Å². The van der Waals surface area contributed by atoms with Crippen molar-refractivity contribution in [3.05, 3.63) is 23.7 Å². The first-order chi connectivity index (χ1) is 15.4. The van der Waals surface area contributed by atoms with Crippen LogP contribution in [0.2, 0.25) is 0 Å². The molecule has 0 bridgehead atoms. The molecule has 0 saturated heterocycles. The highest BCUT2D eigenvalue weighted by Crippen LogP contribution is 2.38. The minimum Gasteiger partial charge on any atom is -0.396 e. The predicted octanol–water partition coefficient (Wildman–Crippen LogP) is 2.10. The maximum atomic E-state index is 10.5. The highest BCUT2D eigenvalue weighted by Gasteiger charge is 2.41. The van der Waals surface area contributed by atoms with Crippen molar-refractivity contribution in [1.29, 1.82) is 0 Å². The van der Waals surface area contributed by atoms with E-state index in [-0.39, 0.29) is 12.5 Å². The number of anilines is 2. The summed E-state index contributed by atoms with van der Waals surface area (Å²) < 4.78 is 1.03. The zero-order valence-electron chi connectivity index (χ0n) is 18.1. The number of pyridine rings is 1. The van der Waals surface area contributed by atoms with Crippen LogP contribution < -0.4 is 10.6 Å². The Morgan fingerprint density at radius 3 is 2.66 bits per heavy atom. The lowest BCUT2D eigenvalue weighted by Crippen LogP contribution is -2.35. The van der Waals surface area contributed by atoms with Gasteiger partial charge in [-0.05, 0) is 45.1 Å². The molecule has 5 N–H and O–H groups in total. The summed E-state index contributed by atoms with van der Waals surface area (Å²) >= 11 is 1.55. The Morgan fingerprint density at radius 1 is 1.12 bits per heavy atom. The van der Waals surface area contributed by atoms with Crippen molar-refractivity contribution in [2.75, 3.05) is 23.8 Å². The molecular weight excluding hydrogens is 428 g/mol. The molecule has 3 heterocycles. The largest absolute Gasteiger partial charge is 0.396 e. The third-order valence-electron chi connectivity index (χ3n) is 6.32. The van der Waals surface area contributed by atoms with Crippen LogP contribution in [-0.2, 0) is 0 Å². The number of nitrogens with zero attached hydrogens (tertiary/aromatic N) is 4. The number of rotatable bonds is 7. The molecule has 2 aliphatic rings. The van der Waals surface area contributed by atoms with E-state index in [1.54, 1.807) is 17.5 Å². The van der Waals surface area contributed by atoms with E-state index < -0.39 is 18.2 Å². The first-order valence-electron chi connectivity index (χ1n) is 11.0. The molecule has 5 rings (SSSR count). The molecule has 0 spiro atoms. The summed E-state index contributed by atoms with van der Waals surface area (Å²) in [5, 5.41) is 37.8. The van der Waals surface area contributed by atoms with Crippen LogP contribution >= 0.6 is 11.3 Å². The number of aliphatic hydroxyl groups is 3. The van der Waals surface area contributed by atoms with E-state index in [4.69, 9.17) is 9.97 Å². The van der Waals surface area contributed by atoms with E-state index in [0.717, 1.165) is 38.7 Å². The molecule has 170 valence electrons. The van der Waals surface area contributed by atoms with E-state index in [1.807, 2.05) is 19.9 Å². The van der Waals surface area contributed by atoms with Gasteiger partial charge in [-0.2, -0.15) is 4.98 Å². The van der Waals surface area contributed by atoms with Crippen LogP contribution in [0.3, 0.4) is 0 Å². The van der Waals surface area contributed by atoms with Gasteiger partial charge in [0.1, 0.15) is 22.4 Å². The number of hydrogen-bond donors (Lipinski definition) is 5. The van der Waals surface area contributed by atoms with Gasteiger partial charge in [0.05, 0.1) is 34.3 Å². The lowest BCUT2D eigenvalue weighted by molar-refractivity contribution is 0.00446. The first-order valence-corrected chi connectivity index (χ1v) is 11.8. The Hall–Kier alpha value is -2.40. The summed E-state index contributed by atoms with van der Waals surface area (Å²) in [6.07, 6.45) is 2.68. The van der Waals surface area contributed by atoms with Gasteiger partial charge < -0.3 is 26.0 Å². The minimum atomic E-state index is -1.000. The van der Waals surface area contributed by atoms with Gasteiger partial charge in [0.2, 0.25) is 5.95 Å². The van der Waals surface area contributed by atoms with Crippen molar-refractivity contribution in [3.63, 3.8) is 0 Å². The first kappa shape index (κ1) is 21.4. The smallest absolute Gasteiger partial charge is 0.224 e. The molecule has 2 saturated carbocycles. The summed E-state index contributed by atoms with van der Waals surface area (Å²) in [5.74, 6) is 1.39. The number of aryl methyl sites for hydroxylation is 2. The van der Waals surface area contributed by atoms with Gasteiger partial charge >= 0.3 is 0 Å². The zero-order chi connectivity index (χ0) is 22.4. The summed E-state index contributed by atoms with van der Waals surface area (Å²) in [6.45, 7) is 4.54. The molecule has 0 aromatic carbocycles. The lowest BCUT2D eigenvalue weighted by Gasteiger charge is -2.21.